The van der Waals surface area contributed by atoms with Crippen molar-refractivity contribution < 1.29 is 4.79 Å². The molecule has 1 amide bonds. The van der Waals surface area contributed by atoms with Crippen LogP contribution in [0.2, 0.25) is 0 Å². The van der Waals surface area contributed by atoms with Crippen LogP contribution in [0, 0.1) is 11.3 Å². The first-order valence-electron chi connectivity index (χ1n) is 5.00. The number of rotatable bonds is 3. The first kappa shape index (κ1) is 12.5. The molecule has 0 saturated carbocycles. The predicted octanol–water partition coefficient (Wildman–Crippen LogP) is 2.58. The zero-order valence-electron chi connectivity index (χ0n) is 9.77. The average Bonchev–Trinajstić information content (AvgIpc) is 1.81. The summed E-state index contributed by atoms with van der Waals surface area (Å²) in [5.74, 6) is 0.691. The summed E-state index contributed by atoms with van der Waals surface area (Å²) in [6.07, 6.45) is 1.04. The highest BCUT2D eigenvalue weighted by Crippen LogP contribution is 2.24. The molecule has 0 radical (unpaired) electrons. The third-order valence-corrected chi connectivity index (χ3v) is 2.13. The van der Waals surface area contributed by atoms with Gasteiger partial charge in [0.2, 0.25) is 5.91 Å². The molecule has 0 heterocycles. The number of hydrogen-bond acceptors (Lipinski definition) is 1. The lowest BCUT2D eigenvalue weighted by molar-refractivity contribution is -0.120. The molecule has 0 aromatic rings. The maximum Gasteiger partial charge on any atom is 0.217 e. The van der Waals surface area contributed by atoms with Gasteiger partial charge in [-0.2, -0.15) is 0 Å². The Morgan fingerprint density at radius 3 is 2.00 bits per heavy atom. The Kier molecular flexibility index (Phi) is 4.45. The molecule has 2 nitrogen and oxygen atoms in total. The largest absolute Gasteiger partial charge is 0.353 e. The number of carbonyl (C=O) groups excluding carboxylic acids is 1. The molecule has 1 N–H and O–H groups in total. The lowest BCUT2D eigenvalue weighted by Crippen LogP contribution is -2.43. The summed E-state index contributed by atoms with van der Waals surface area (Å²) >= 11 is 0. The van der Waals surface area contributed by atoms with Crippen molar-refractivity contribution in [1.82, 2.24) is 5.32 Å². The molecule has 2 heteroatoms. The lowest BCUT2D eigenvalue weighted by atomic mass is 9.82. The van der Waals surface area contributed by atoms with Crippen LogP contribution in [-0.4, -0.2) is 11.9 Å². The van der Waals surface area contributed by atoms with Crippen molar-refractivity contribution in [2.45, 2.75) is 54.0 Å². The minimum absolute atomic E-state index is 0.0700. The summed E-state index contributed by atoms with van der Waals surface area (Å²) < 4.78 is 0. The first-order chi connectivity index (χ1) is 5.73. The summed E-state index contributed by atoms with van der Waals surface area (Å²) in [7, 11) is 0. The molecule has 0 aliphatic heterocycles. The van der Waals surface area contributed by atoms with Crippen LogP contribution < -0.4 is 5.32 Å². The van der Waals surface area contributed by atoms with Gasteiger partial charge < -0.3 is 5.32 Å². The van der Waals surface area contributed by atoms with Crippen molar-refractivity contribution in [1.29, 1.82) is 0 Å². The highest BCUT2D eigenvalue weighted by Gasteiger charge is 2.25. The van der Waals surface area contributed by atoms with Gasteiger partial charge in [-0.1, -0.05) is 34.6 Å². The molecular formula is C11H23NO. The summed E-state index contributed by atoms with van der Waals surface area (Å²) in [6, 6.07) is 0.282. The zero-order chi connectivity index (χ0) is 10.6. The van der Waals surface area contributed by atoms with Crippen molar-refractivity contribution in [3.63, 3.8) is 0 Å². The van der Waals surface area contributed by atoms with Crippen LogP contribution in [0.1, 0.15) is 48.0 Å². The number of hydrogen-bond donors (Lipinski definition) is 1. The number of carbonyl (C=O) groups is 1. The van der Waals surface area contributed by atoms with Crippen molar-refractivity contribution in [2.24, 2.45) is 11.3 Å². The Hall–Kier alpha value is -0.530. The summed E-state index contributed by atoms with van der Waals surface area (Å²) in [5, 5.41) is 3.01. The second kappa shape index (κ2) is 4.64. The number of nitrogens with one attached hydrogen (secondary N) is 1. The topological polar surface area (TPSA) is 29.1 Å². The molecule has 0 aliphatic carbocycles. The molecular weight excluding hydrogens is 162 g/mol. The average molecular weight is 185 g/mol. The lowest BCUT2D eigenvalue weighted by Gasteiger charge is -2.32. The molecule has 0 aliphatic rings. The van der Waals surface area contributed by atoms with E-state index in [0.717, 1.165) is 6.42 Å². The first-order valence-corrected chi connectivity index (χ1v) is 5.00. The van der Waals surface area contributed by atoms with Gasteiger partial charge in [0, 0.05) is 13.0 Å². The van der Waals surface area contributed by atoms with E-state index in [-0.39, 0.29) is 17.4 Å². The van der Waals surface area contributed by atoms with Crippen molar-refractivity contribution in [3.05, 3.63) is 0 Å². The molecule has 0 bridgehead atoms. The molecule has 78 valence electrons. The van der Waals surface area contributed by atoms with Crippen molar-refractivity contribution in [3.8, 4) is 0 Å². The summed E-state index contributed by atoms with van der Waals surface area (Å²) in [5.41, 5.74) is 0.149. The van der Waals surface area contributed by atoms with E-state index in [1.165, 1.54) is 0 Å². The Balaban J connectivity index is 4.28. The Morgan fingerprint density at radius 2 is 1.77 bits per heavy atom. The minimum atomic E-state index is 0.0700. The van der Waals surface area contributed by atoms with Gasteiger partial charge in [-0.25, -0.2) is 0 Å². The van der Waals surface area contributed by atoms with Crippen LogP contribution in [0.4, 0.5) is 0 Å². The molecule has 0 saturated heterocycles. The highest BCUT2D eigenvalue weighted by molar-refractivity contribution is 5.73. The molecule has 1 atom stereocenters. The monoisotopic (exact) mass is 185 g/mol. The summed E-state index contributed by atoms with van der Waals surface area (Å²) in [4.78, 5) is 11.0. The van der Waals surface area contributed by atoms with E-state index in [1.807, 2.05) is 0 Å². The van der Waals surface area contributed by atoms with Crippen LogP contribution in [0.15, 0.2) is 0 Å². The van der Waals surface area contributed by atoms with E-state index >= 15 is 0 Å². The van der Waals surface area contributed by atoms with E-state index in [9.17, 15) is 4.79 Å². The SMILES string of the molecule is CC(=O)NC(CC(C)C)C(C)(C)C. The summed E-state index contributed by atoms with van der Waals surface area (Å²) in [6.45, 7) is 12.4. The highest BCUT2D eigenvalue weighted by atomic mass is 16.1. The van der Waals surface area contributed by atoms with Crippen molar-refractivity contribution >= 4 is 5.91 Å². The van der Waals surface area contributed by atoms with Gasteiger partial charge in [-0.15, -0.1) is 0 Å². The normalized spacial score (nSPS) is 14.4. The van der Waals surface area contributed by atoms with E-state index in [0.29, 0.717) is 5.92 Å². The number of amides is 1. The zero-order valence-corrected chi connectivity index (χ0v) is 9.77. The molecule has 0 rings (SSSR count). The molecule has 0 aromatic carbocycles. The van der Waals surface area contributed by atoms with E-state index in [4.69, 9.17) is 0 Å². The quantitative estimate of drug-likeness (QED) is 0.719. The second-order valence-corrected chi connectivity index (χ2v) is 5.25. The Morgan fingerprint density at radius 1 is 1.31 bits per heavy atom. The predicted molar refractivity (Wildman–Crippen MR) is 56.5 cm³/mol. The second-order valence-electron chi connectivity index (χ2n) is 5.25. The van der Waals surface area contributed by atoms with Crippen LogP contribution >= 0.6 is 0 Å². The minimum Gasteiger partial charge on any atom is -0.353 e. The third kappa shape index (κ3) is 5.67. The van der Waals surface area contributed by atoms with Gasteiger partial charge in [-0.05, 0) is 17.8 Å². The molecule has 0 aromatic heterocycles. The fraction of sp³-hybridized carbons (Fsp3) is 0.909. The fourth-order valence-electron chi connectivity index (χ4n) is 1.35. The van der Waals surface area contributed by atoms with Gasteiger partial charge in [0.1, 0.15) is 0 Å². The van der Waals surface area contributed by atoms with Gasteiger partial charge in [-0.3, -0.25) is 4.79 Å². The van der Waals surface area contributed by atoms with Gasteiger partial charge >= 0.3 is 0 Å². The molecule has 0 spiro atoms. The van der Waals surface area contributed by atoms with Crippen LogP contribution in [0.5, 0.6) is 0 Å². The van der Waals surface area contributed by atoms with Crippen LogP contribution in [-0.2, 0) is 4.79 Å². The van der Waals surface area contributed by atoms with Gasteiger partial charge in [0.05, 0.1) is 0 Å². The maximum absolute atomic E-state index is 11.0. The molecule has 0 fully saturated rings. The van der Waals surface area contributed by atoms with Crippen molar-refractivity contribution in [2.75, 3.05) is 0 Å². The van der Waals surface area contributed by atoms with Gasteiger partial charge in [0.15, 0.2) is 0 Å². The van der Waals surface area contributed by atoms with Crippen LogP contribution in [0.3, 0.4) is 0 Å². The standard InChI is InChI=1S/C11H23NO/c1-8(2)7-10(11(4,5)6)12-9(3)13/h8,10H,7H2,1-6H3,(H,12,13). The maximum atomic E-state index is 11.0. The van der Waals surface area contributed by atoms with Crippen LogP contribution in [0.25, 0.3) is 0 Å². The van der Waals surface area contributed by atoms with E-state index < -0.39 is 0 Å². The third-order valence-electron chi connectivity index (χ3n) is 2.13. The van der Waals surface area contributed by atoms with E-state index in [2.05, 4.69) is 39.9 Å². The van der Waals surface area contributed by atoms with Gasteiger partial charge in [0.25, 0.3) is 0 Å². The molecule has 1 unspecified atom stereocenters. The molecule has 13 heavy (non-hydrogen) atoms. The smallest absolute Gasteiger partial charge is 0.217 e. The fourth-order valence-corrected chi connectivity index (χ4v) is 1.35. The van der Waals surface area contributed by atoms with E-state index in [1.54, 1.807) is 6.92 Å². The Bertz CT molecular complexity index is 167. The Labute approximate surface area is 82.1 Å².